The molecule has 0 radical (unpaired) electrons. The standard InChI is InChI=1S/C11H16O2/c1-4-8-5-9(11(2,3)13)7-10(12)6-8/h5-7,12-13H,4H2,1-3H3. The first-order valence-corrected chi connectivity index (χ1v) is 4.49. The van der Waals surface area contributed by atoms with Crippen LogP contribution in [0.2, 0.25) is 0 Å². The fraction of sp³-hybridized carbons (Fsp3) is 0.455. The van der Waals surface area contributed by atoms with Crippen molar-refractivity contribution in [2.24, 2.45) is 0 Å². The number of aromatic hydroxyl groups is 1. The van der Waals surface area contributed by atoms with E-state index in [9.17, 15) is 10.2 Å². The minimum Gasteiger partial charge on any atom is -0.508 e. The molecule has 2 nitrogen and oxygen atoms in total. The molecule has 1 aromatic rings. The van der Waals surface area contributed by atoms with E-state index in [-0.39, 0.29) is 5.75 Å². The lowest BCUT2D eigenvalue weighted by Gasteiger charge is -2.18. The smallest absolute Gasteiger partial charge is 0.116 e. The molecule has 0 unspecified atom stereocenters. The highest BCUT2D eigenvalue weighted by Gasteiger charge is 2.16. The summed E-state index contributed by atoms with van der Waals surface area (Å²) >= 11 is 0. The Hall–Kier alpha value is -1.02. The van der Waals surface area contributed by atoms with Gasteiger partial charge >= 0.3 is 0 Å². The summed E-state index contributed by atoms with van der Waals surface area (Å²) in [5, 5.41) is 19.1. The van der Waals surface area contributed by atoms with Crippen LogP contribution in [-0.4, -0.2) is 10.2 Å². The molecule has 0 fully saturated rings. The molecule has 13 heavy (non-hydrogen) atoms. The number of hydrogen-bond acceptors (Lipinski definition) is 2. The molecule has 0 spiro atoms. The second kappa shape index (κ2) is 3.38. The monoisotopic (exact) mass is 180 g/mol. The molecule has 0 atom stereocenters. The van der Waals surface area contributed by atoms with Crippen molar-refractivity contribution in [2.75, 3.05) is 0 Å². The fourth-order valence-electron chi connectivity index (χ4n) is 1.23. The van der Waals surface area contributed by atoms with E-state index in [4.69, 9.17) is 0 Å². The Labute approximate surface area is 78.8 Å². The minimum absolute atomic E-state index is 0.219. The summed E-state index contributed by atoms with van der Waals surface area (Å²) < 4.78 is 0. The Bertz CT molecular complexity index is 297. The van der Waals surface area contributed by atoms with Crippen molar-refractivity contribution in [1.82, 2.24) is 0 Å². The summed E-state index contributed by atoms with van der Waals surface area (Å²) in [6.07, 6.45) is 0.859. The van der Waals surface area contributed by atoms with Gasteiger partial charge in [0, 0.05) is 0 Å². The van der Waals surface area contributed by atoms with Gasteiger partial charge < -0.3 is 10.2 Å². The van der Waals surface area contributed by atoms with Gasteiger partial charge in [-0.2, -0.15) is 0 Å². The third-order valence-electron chi connectivity index (χ3n) is 2.09. The molecule has 0 saturated carbocycles. The fourth-order valence-corrected chi connectivity index (χ4v) is 1.23. The van der Waals surface area contributed by atoms with Gasteiger partial charge in [-0.15, -0.1) is 0 Å². The Morgan fingerprint density at radius 2 is 1.85 bits per heavy atom. The van der Waals surface area contributed by atoms with Crippen LogP contribution < -0.4 is 0 Å². The van der Waals surface area contributed by atoms with Gasteiger partial charge in [0.15, 0.2) is 0 Å². The second-order valence-corrected chi connectivity index (χ2v) is 3.80. The third kappa shape index (κ3) is 2.46. The highest BCUT2D eigenvalue weighted by Crippen LogP contribution is 2.25. The van der Waals surface area contributed by atoms with Crippen molar-refractivity contribution >= 4 is 0 Å². The first kappa shape index (κ1) is 10.1. The molecule has 1 rings (SSSR count). The summed E-state index contributed by atoms with van der Waals surface area (Å²) in [6, 6.07) is 5.23. The number of phenolic OH excluding ortho intramolecular Hbond substituents is 1. The van der Waals surface area contributed by atoms with Gasteiger partial charge in [0.25, 0.3) is 0 Å². The lowest BCUT2D eigenvalue weighted by atomic mass is 9.95. The molecule has 1 aromatic carbocycles. The topological polar surface area (TPSA) is 40.5 Å². The molecule has 0 aromatic heterocycles. The Morgan fingerprint density at radius 1 is 1.23 bits per heavy atom. The zero-order valence-electron chi connectivity index (χ0n) is 8.33. The van der Waals surface area contributed by atoms with E-state index in [1.807, 2.05) is 13.0 Å². The predicted octanol–water partition coefficient (Wildman–Crippen LogP) is 2.18. The predicted molar refractivity (Wildman–Crippen MR) is 52.7 cm³/mol. The van der Waals surface area contributed by atoms with Gasteiger partial charge in [0.1, 0.15) is 5.75 Å². The molecule has 0 bridgehead atoms. The molecule has 2 N–H and O–H groups in total. The van der Waals surface area contributed by atoms with E-state index in [0.717, 1.165) is 17.5 Å². The van der Waals surface area contributed by atoms with E-state index >= 15 is 0 Å². The van der Waals surface area contributed by atoms with Gasteiger partial charge in [0.05, 0.1) is 5.60 Å². The number of aryl methyl sites for hydroxylation is 1. The number of phenols is 1. The van der Waals surface area contributed by atoms with E-state index in [0.29, 0.717) is 0 Å². The van der Waals surface area contributed by atoms with Crippen LogP contribution in [0, 0.1) is 0 Å². The van der Waals surface area contributed by atoms with Crippen LogP contribution in [0.4, 0.5) is 0 Å². The maximum Gasteiger partial charge on any atom is 0.116 e. The number of hydrogen-bond donors (Lipinski definition) is 2. The minimum atomic E-state index is -0.886. The average Bonchev–Trinajstić information content (AvgIpc) is 2.01. The van der Waals surface area contributed by atoms with Gasteiger partial charge in [-0.1, -0.05) is 13.0 Å². The van der Waals surface area contributed by atoms with Crippen molar-refractivity contribution in [3.63, 3.8) is 0 Å². The van der Waals surface area contributed by atoms with Gasteiger partial charge in [-0.25, -0.2) is 0 Å². The highest BCUT2D eigenvalue weighted by molar-refractivity contribution is 5.36. The molecule has 2 heteroatoms. The van der Waals surface area contributed by atoms with Crippen LogP contribution in [0.15, 0.2) is 18.2 Å². The normalized spacial score (nSPS) is 11.7. The number of benzene rings is 1. The van der Waals surface area contributed by atoms with Gasteiger partial charge in [-0.05, 0) is 43.5 Å². The first-order valence-electron chi connectivity index (χ1n) is 4.49. The molecule has 0 saturated heterocycles. The zero-order valence-corrected chi connectivity index (χ0v) is 8.33. The third-order valence-corrected chi connectivity index (χ3v) is 2.09. The quantitative estimate of drug-likeness (QED) is 0.732. The molecule has 0 heterocycles. The van der Waals surface area contributed by atoms with E-state index in [1.54, 1.807) is 26.0 Å². The van der Waals surface area contributed by atoms with Crippen molar-refractivity contribution in [3.05, 3.63) is 29.3 Å². The summed E-state index contributed by atoms with van der Waals surface area (Å²) in [4.78, 5) is 0. The average molecular weight is 180 g/mol. The Morgan fingerprint density at radius 3 is 2.31 bits per heavy atom. The van der Waals surface area contributed by atoms with Crippen molar-refractivity contribution in [3.8, 4) is 5.75 Å². The second-order valence-electron chi connectivity index (χ2n) is 3.80. The maximum absolute atomic E-state index is 9.72. The molecular weight excluding hydrogens is 164 g/mol. The van der Waals surface area contributed by atoms with Crippen LogP contribution in [-0.2, 0) is 12.0 Å². The highest BCUT2D eigenvalue weighted by atomic mass is 16.3. The van der Waals surface area contributed by atoms with Crippen molar-refractivity contribution in [1.29, 1.82) is 0 Å². The SMILES string of the molecule is CCc1cc(O)cc(C(C)(C)O)c1. The zero-order chi connectivity index (χ0) is 10.1. The molecule has 0 aliphatic heterocycles. The van der Waals surface area contributed by atoms with Crippen molar-refractivity contribution < 1.29 is 10.2 Å². The Kier molecular flexibility index (Phi) is 2.62. The van der Waals surface area contributed by atoms with Crippen LogP contribution >= 0.6 is 0 Å². The summed E-state index contributed by atoms with van der Waals surface area (Å²) in [6.45, 7) is 5.44. The van der Waals surface area contributed by atoms with Crippen molar-refractivity contribution in [2.45, 2.75) is 32.8 Å². The molecular formula is C11H16O2. The van der Waals surface area contributed by atoms with Crippen LogP contribution in [0.3, 0.4) is 0 Å². The summed E-state index contributed by atoms with van der Waals surface area (Å²) in [5.41, 5.74) is 0.907. The van der Waals surface area contributed by atoms with E-state index in [1.165, 1.54) is 0 Å². The van der Waals surface area contributed by atoms with E-state index < -0.39 is 5.60 Å². The molecule has 72 valence electrons. The van der Waals surface area contributed by atoms with Crippen LogP contribution in [0.1, 0.15) is 31.9 Å². The largest absolute Gasteiger partial charge is 0.508 e. The maximum atomic E-state index is 9.72. The van der Waals surface area contributed by atoms with Gasteiger partial charge in [-0.3, -0.25) is 0 Å². The summed E-state index contributed by atoms with van der Waals surface area (Å²) in [5.74, 6) is 0.219. The summed E-state index contributed by atoms with van der Waals surface area (Å²) in [7, 11) is 0. The number of rotatable bonds is 2. The molecule has 0 aliphatic carbocycles. The lowest BCUT2D eigenvalue weighted by Crippen LogP contribution is -2.15. The van der Waals surface area contributed by atoms with Crippen LogP contribution in [0.25, 0.3) is 0 Å². The van der Waals surface area contributed by atoms with E-state index in [2.05, 4.69) is 0 Å². The lowest BCUT2D eigenvalue weighted by molar-refractivity contribution is 0.0782. The van der Waals surface area contributed by atoms with Crippen LogP contribution in [0.5, 0.6) is 5.75 Å². The molecule has 0 amide bonds. The Balaban J connectivity index is 3.16. The number of aliphatic hydroxyl groups is 1. The van der Waals surface area contributed by atoms with Gasteiger partial charge in [0.2, 0.25) is 0 Å². The first-order chi connectivity index (χ1) is 5.93. The molecule has 0 aliphatic rings.